The van der Waals surface area contributed by atoms with Crippen LogP contribution < -0.4 is 14.8 Å². The van der Waals surface area contributed by atoms with Gasteiger partial charge in [0.1, 0.15) is 10.6 Å². The minimum absolute atomic E-state index is 0.0286. The van der Waals surface area contributed by atoms with Crippen LogP contribution in [0.25, 0.3) is 0 Å². The topological polar surface area (TPSA) is 84.5 Å². The number of hydrogen-bond donors (Lipinski definition) is 2. The summed E-state index contributed by atoms with van der Waals surface area (Å²) < 4.78 is 33.5. The predicted molar refractivity (Wildman–Crippen MR) is 122 cm³/mol. The van der Waals surface area contributed by atoms with E-state index >= 15 is 0 Å². The molecule has 1 atom stereocenters. The van der Waals surface area contributed by atoms with Crippen molar-refractivity contribution in [2.24, 2.45) is 0 Å². The number of amides is 1. The van der Waals surface area contributed by atoms with Crippen LogP contribution in [0.5, 0.6) is 5.75 Å². The molecule has 0 radical (unpaired) electrons. The van der Waals surface area contributed by atoms with Crippen molar-refractivity contribution in [3.05, 3.63) is 88.4 Å². The zero-order valence-corrected chi connectivity index (χ0v) is 18.9. The third-order valence-corrected chi connectivity index (χ3v) is 6.68. The van der Waals surface area contributed by atoms with Gasteiger partial charge in [-0.2, -0.15) is 0 Å². The van der Waals surface area contributed by atoms with Crippen LogP contribution in [0.15, 0.2) is 71.6 Å². The molecule has 162 valence electrons. The molecule has 0 bridgehead atoms. The Morgan fingerprint density at radius 1 is 1.03 bits per heavy atom. The average Bonchev–Trinajstić information content (AvgIpc) is 2.75. The Morgan fingerprint density at radius 3 is 2.35 bits per heavy atom. The molecule has 0 heterocycles. The van der Waals surface area contributed by atoms with Crippen molar-refractivity contribution in [1.29, 1.82) is 0 Å². The van der Waals surface area contributed by atoms with Gasteiger partial charge in [-0.3, -0.25) is 9.52 Å². The first-order chi connectivity index (χ1) is 14.7. The van der Waals surface area contributed by atoms with Gasteiger partial charge in [-0.1, -0.05) is 41.9 Å². The highest BCUT2D eigenvalue weighted by molar-refractivity contribution is 7.92. The van der Waals surface area contributed by atoms with Crippen molar-refractivity contribution in [2.75, 3.05) is 11.8 Å². The second kappa shape index (κ2) is 9.41. The molecule has 3 aromatic carbocycles. The Hall–Kier alpha value is -3.03. The highest BCUT2D eigenvalue weighted by atomic mass is 35.5. The third kappa shape index (κ3) is 5.37. The number of carbonyl (C=O) groups is 1. The lowest BCUT2D eigenvalue weighted by molar-refractivity contribution is 0.0939. The summed E-state index contributed by atoms with van der Waals surface area (Å²) in [5.41, 5.74) is 2.29. The van der Waals surface area contributed by atoms with Gasteiger partial charge in [-0.15, -0.1) is 0 Å². The second-order valence-corrected chi connectivity index (χ2v) is 9.09. The number of halogens is 1. The van der Waals surface area contributed by atoms with E-state index in [-0.39, 0.29) is 21.5 Å². The van der Waals surface area contributed by atoms with E-state index in [0.29, 0.717) is 5.69 Å². The Kier molecular flexibility index (Phi) is 6.87. The summed E-state index contributed by atoms with van der Waals surface area (Å²) in [6.45, 7) is 3.64. The Morgan fingerprint density at radius 2 is 1.71 bits per heavy atom. The number of aryl methyl sites for hydroxylation is 1. The number of carbonyl (C=O) groups excluding carboxylic acids is 1. The molecule has 1 amide bonds. The van der Waals surface area contributed by atoms with Crippen molar-refractivity contribution in [3.63, 3.8) is 0 Å². The van der Waals surface area contributed by atoms with Gasteiger partial charge >= 0.3 is 0 Å². The van der Waals surface area contributed by atoms with E-state index in [1.165, 1.54) is 18.2 Å². The molecule has 3 rings (SSSR count). The maximum absolute atomic E-state index is 12.9. The van der Waals surface area contributed by atoms with E-state index in [9.17, 15) is 13.2 Å². The quantitative estimate of drug-likeness (QED) is 0.524. The minimum Gasteiger partial charge on any atom is -0.497 e. The molecule has 0 spiro atoms. The summed E-state index contributed by atoms with van der Waals surface area (Å²) in [5, 5.41) is 2.90. The number of ether oxygens (including phenoxy) is 1. The van der Waals surface area contributed by atoms with Crippen molar-refractivity contribution >= 4 is 33.2 Å². The Labute approximate surface area is 187 Å². The number of nitrogens with one attached hydrogen (secondary N) is 2. The molecule has 0 aliphatic rings. The zero-order valence-electron chi connectivity index (χ0n) is 17.3. The van der Waals surface area contributed by atoms with Gasteiger partial charge in [0.15, 0.2) is 0 Å². The van der Waals surface area contributed by atoms with Crippen LogP contribution in [0.4, 0.5) is 5.69 Å². The molecular formula is C23H23ClN2O4S. The van der Waals surface area contributed by atoms with Crippen LogP contribution in [0.2, 0.25) is 5.02 Å². The molecule has 0 aliphatic carbocycles. The van der Waals surface area contributed by atoms with Gasteiger partial charge in [0.05, 0.1) is 23.9 Å². The number of para-hydroxylation sites is 1. The summed E-state index contributed by atoms with van der Waals surface area (Å²) >= 11 is 6.16. The van der Waals surface area contributed by atoms with E-state index in [2.05, 4.69) is 10.0 Å². The van der Waals surface area contributed by atoms with Gasteiger partial charge in [0.2, 0.25) is 0 Å². The molecule has 3 aromatic rings. The largest absolute Gasteiger partial charge is 0.497 e. The zero-order chi connectivity index (χ0) is 22.6. The number of benzene rings is 3. The van der Waals surface area contributed by atoms with E-state index in [4.69, 9.17) is 16.3 Å². The summed E-state index contributed by atoms with van der Waals surface area (Å²) in [6.07, 6.45) is 0. The van der Waals surface area contributed by atoms with Crippen molar-refractivity contribution < 1.29 is 17.9 Å². The van der Waals surface area contributed by atoms with E-state index in [0.717, 1.165) is 16.9 Å². The lowest BCUT2D eigenvalue weighted by Gasteiger charge is -2.16. The monoisotopic (exact) mass is 458 g/mol. The maximum Gasteiger partial charge on any atom is 0.263 e. The number of methoxy groups -OCH3 is 1. The Bertz CT molecular complexity index is 1190. The molecule has 6 nitrogen and oxygen atoms in total. The van der Waals surface area contributed by atoms with Crippen molar-refractivity contribution in [2.45, 2.75) is 24.8 Å². The summed E-state index contributed by atoms with van der Waals surface area (Å²) in [6, 6.07) is 18.2. The highest BCUT2D eigenvalue weighted by Crippen LogP contribution is 2.26. The lowest BCUT2D eigenvalue weighted by atomic mass is 10.1. The van der Waals surface area contributed by atoms with Gasteiger partial charge < -0.3 is 10.1 Å². The lowest BCUT2D eigenvalue weighted by Crippen LogP contribution is -2.27. The number of hydrogen-bond acceptors (Lipinski definition) is 4. The van der Waals surface area contributed by atoms with Crippen LogP contribution in [-0.4, -0.2) is 21.4 Å². The molecule has 0 aromatic heterocycles. The molecular weight excluding hydrogens is 436 g/mol. The number of rotatable bonds is 7. The van der Waals surface area contributed by atoms with Gasteiger partial charge in [-0.25, -0.2) is 8.42 Å². The van der Waals surface area contributed by atoms with E-state index in [1.807, 2.05) is 37.3 Å². The standard InChI is InChI=1S/C23H23ClN2O4S/c1-15-6-4-5-7-21(15)26-31(28,29)22-14-18(10-13-20(22)24)23(27)25-16(2)17-8-11-19(30-3)12-9-17/h4-14,16,26H,1-3H3,(H,25,27)/t16-/m0/s1. The molecule has 0 saturated heterocycles. The van der Waals surface area contributed by atoms with Gasteiger partial charge in [0.25, 0.3) is 15.9 Å². The first-order valence-corrected chi connectivity index (χ1v) is 11.4. The van der Waals surface area contributed by atoms with E-state index < -0.39 is 15.9 Å². The van der Waals surface area contributed by atoms with E-state index in [1.54, 1.807) is 32.2 Å². The fraction of sp³-hybridized carbons (Fsp3) is 0.174. The normalized spacial score (nSPS) is 12.1. The SMILES string of the molecule is COc1ccc([C@H](C)NC(=O)c2ccc(Cl)c(S(=O)(=O)Nc3ccccc3C)c2)cc1. The molecule has 8 heteroatoms. The molecule has 0 saturated carbocycles. The Balaban J connectivity index is 1.82. The highest BCUT2D eigenvalue weighted by Gasteiger charge is 2.21. The number of anilines is 1. The number of sulfonamides is 1. The first-order valence-electron chi connectivity index (χ1n) is 9.54. The third-order valence-electron chi connectivity index (χ3n) is 4.84. The van der Waals surface area contributed by atoms with Gasteiger partial charge in [0, 0.05) is 5.56 Å². The summed E-state index contributed by atoms with van der Waals surface area (Å²) in [5.74, 6) is 0.309. The van der Waals surface area contributed by atoms with Crippen LogP contribution in [0, 0.1) is 6.92 Å². The smallest absolute Gasteiger partial charge is 0.263 e. The fourth-order valence-corrected chi connectivity index (χ4v) is 4.65. The van der Waals surface area contributed by atoms with Crippen molar-refractivity contribution in [3.8, 4) is 5.75 Å². The maximum atomic E-state index is 12.9. The summed E-state index contributed by atoms with van der Waals surface area (Å²) in [4.78, 5) is 12.6. The summed E-state index contributed by atoms with van der Waals surface area (Å²) in [7, 11) is -2.40. The molecule has 0 unspecified atom stereocenters. The second-order valence-electron chi connectivity index (χ2n) is 7.03. The van der Waals surface area contributed by atoms with Gasteiger partial charge in [-0.05, 0) is 61.4 Å². The molecule has 0 fully saturated rings. The predicted octanol–water partition coefficient (Wildman–Crippen LogP) is 4.95. The van der Waals surface area contributed by atoms with Crippen LogP contribution in [-0.2, 0) is 10.0 Å². The van der Waals surface area contributed by atoms with Crippen LogP contribution in [0.1, 0.15) is 34.5 Å². The minimum atomic E-state index is -3.99. The average molecular weight is 459 g/mol. The molecule has 31 heavy (non-hydrogen) atoms. The molecule has 0 aliphatic heterocycles. The van der Waals surface area contributed by atoms with Crippen LogP contribution in [0.3, 0.4) is 0 Å². The first kappa shape index (κ1) is 22.7. The van der Waals surface area contributed by atoms with Crippen molar-refractivity contribution in [1.82, 2.24) is 5.32 Å². The van der Waals surface area contributed by atoms with Crippen LogP contribution >= 0.6 is 11.6 Å². The fourth-order valence-electron chi connectivity index (χ4n) is 2.99. The molecule has 2 N–H and O–H groups in total.